The van der Waals surface area contributed by atoms with E-state index in [0.717, 1.165) is 17.5 Å². The number of carbonyl (C=O) groups excluding carboxylic acids is 1. The highest BCUT2D eigenvalue weighted by Gasteiger charge is 2.26. The van der Waals surface area contributed by atoms with Gasteiger partial charge in [0, 0.05) is 31.7 Å². The van der Waals surface area contributed by atoms with Crippen molar-refractivity contribution in [3.8, 4) is 0 Å². The first-order valence-corrected chi connectivity index (χ1v) is 10.4. The summed E-state index contributed by atoms with van der Waals surface area (Å²) in [6.07, 6.45) is 3.04. The molecule has 3 aromatic heterocycles. The van der Waals surface area contributed by atoms with Crippen LogP contribution in [0, 0.1) is 12.8 Å². The fourth-order valence-corrected chi connectivity index (χ4v) is 3.60. The first kappa shape index (κ1) is 22.3. The van der Waals surface area contributed by atoms with Crippen LogP contribution in [0.2, 0.25) is 0 Å². The molecule has 0 aliphatic heterocycles. The van der Waals surface area contributed by atoms with Crippen LogP contribution in [0.1, 0.15) is 49.7 Å². The number of hydrogen-bond donors (Lipinski definition) is 2. The lowest BCUT2D eigenvalue weighted by Gasteiger charge is -2.26. The van der Waals surface area contributed by atoms with Gasteiger partial charge in [0.2, 0.25) is 0 Å². The average Bonchev–Trinajstić information content (AvgIpc) is 2.99. The number of aromatic nitrogens is 5. The first-order chi connectivity index (χ1) is 14.6. The number of H-pyrrole nitrogens is 1. The molecule has 0 radical (unpaired) electrons. The Bertz CT molecular complexity index is 1240. The van der Waals surface area contributed by atoms with Gasteiger partial charge in [0.1, 0.15) is 5.82 Å². The molecule has 10 heteroatoms. The number of rotatable bonds is 7. The topological polar surface area (TPSA) is 132 Å². The van der Waals surface area contributed by atoms with E-state index >= 15 is 0 Å². The lowest BCUT2D eigenvalue weighted by Crippen LogP contribution is -2.42. The van der Waals surface area contributed by atoms with Crippen LogP contribution in [-0.4, -0.2) is 36.8 Å². The van der Waals surface area contributed by atoms with Gasteiger partial charge in [-0.1, -0.05) is 27.2 Å². The van der Waals surface area contributed by atoms with E-state index in [9.17, 15) is 14.4 Å². The number of pyridine rings is 1. The Hall–Kier alpha value is -3.43. The van der Waals surface area contributed by atoms with E-state index in [2.05, 4.69) is 15.1 Å². The maximum atomic E-state index is 13.5. The van der Waals surface area contributed by atoms with Crippen molar-refractivity contribution in [1.82, 2.24) is 24.3 Å². The molecule has 0 aliphatic rings. The molecule has 1 amide bonds. The highest BCUT2D eigenvalue weighted by Crippen LogP contribution is 2.23. The normalized spacial score (nSPS) is 11.4. The molecular formula is C21H29N7O3. The van der Waals surface area contributed by atoms with Crippen LogP contribution in [-0.2, 0) is 13.6 Å². The lowest BCUT2D eigenvalue weighted by molar-refractivity contribution is 0.0983. The molecule has 0 unspecified atom stereocenters. The third-order valence-corrected chi connectivity index (χ3v) is 5.12. The zero-order chi connectivity index (χ0) is 22.9. The second-order valence-corrected chi connectivity index (χ2v) is 8.11. The first-order valence-electron chi connectivity index (χ1n) is 10.4. The molecule has 0 bridgehead atoms. The SMILES string of the molecule is CCCCn1c(N)c(N(CC(C)C)C(=O)c2cnc3c(c2)c(C)nn3C)c(=O)[nH]c1=O. The Labute approximate surface area is 179 Å². The van der Waals surface area contributed by atoms with Gasteiger partial charge in [-0.3, -0.25) is 23.8 Å². The maximum Gasteiger partial charge on any atom is 0.330 e. The van der Waals surface area contributed by atoms with Crippen LogP contribution in [0.3, 0.4) is 0 Å². The van der Waals surface area contributed by atoms with Gasteiger partial charge in [-0.2, -0.15) is 5.10 Å². The summed E-state index contributed by atoms with van der Waals surface area (Å²) >= 11 is 0. The van der Waals surface area contributed by atoms with E-state index in [1.165, 1.54) is 15.7 Å². The summed E-state index contributed by atoms with van der Waals surface area (Å²) in [5, 5.41) is 5.09. The van der Waals surface area contributed by atoms with Crippen LogP contribution in [0.4, 0.5) is 11.5 Å². The Morgan fingerprint density at radius 2 is 2.03 bits per heavy atom. The highest BCUT2D eigenvalue weighted by atomic mass is 16.2. The molecule has 0 fully saturated rings. The number of nitrogens with one attached hydrogen (secondary N) is 1. The fourth-order valence-electron chi connectivity index (χ4n) is 3.60. The molecule has 0 spiro atoms. The van der Waals surface area contributed by atoms with E-state index in [1.807, 2.05) is 27.7 Å². The van der Waals surface area contributed by atoms with Gasteiger partial charge in [0.25, 0.3) is 11.5 Å². The van der Waals surface area contributed by atoms with Crippen molar-refractivity contribution in [2.24, 2.45) is 13.0 Å². The number of nitrogens with zero attached hydrogens (tertiary/aromatic N) is 5. The lowest BCUT2D eigenvalue weighted by atomic mass is 10.1. The van der Waals surface area contributed by atoms with Gasteiger partial charge in [-0.15, -0.1) is 0 Å². The predicted molar refractivity (Wildman–Crippen MR) is 120 cm³/mol. The molecule has 3 heterocycles. The van der Waals surface area contributed by atoms with E-state index in [1.54, 1.807) is 17.8 Å². The van der Waals surface area contributed by atoms with Crippen LogP contribution in [0.5, 0.6) is 0 Å². The number of fused-ring (bicyclic) bond motifs is 1. The Morgan fingerprint density at radius 1 is 1.32 bits per heavy atom. The molecule has 3 rings (SSSR count). The van der Waals surface area contributed by atoms with Crippen LogP contribution in [0.15, 0.2) is 21.9 Å². The summed E-state index contributed by atoms with van der Waals surface area (Å²) in [5.41, 5.74) is 6.70. The zero-order valence-corrected chi connectivity index (χ0v) is 18.6. The largest absolute Gasteiger partial charge is 0.383 e. The van der Waals surface area contributed by atoms with Crippen molar-refractivity contribution >= 4 is 28.4 Å². The van der Waals surface area contributed by atoms with Crippen LogP contribution >= 0.6 is 0 Å². The smallest absolute Gasteiger partial charge is 0.330 e. The highest BCUT2D eigenvalue weighted by molar-refractivity contribution is 6.08. The molecule has 0 aromatic carbocycles. The minimum absolute atomic E-state index is 0.0113. The predicted octanol–water partition coefficient (Wildman–Crippen LogP) is 1.81. The summed E-state index contributed by atoms with van der Waals surface area (Å²) in [5.74, 6) is -0.373. The van der Waals surface area contributed by atoms with Crippen molar-refractivity contribution in [1.29, 1.82) is 0 Å². The van der Waals surface area contributed by atoms with Gasteiger partial charge < -0.3 is 10.6 Å². The van der Waals surface area contributed by atoms with Gasteiger partial charge in [-0.25, -0.2) is 9.78 Å². The molecular weight excluding hydrogens is 398 g/mol. The number of anilines is 2. The van der Waals surface area contributed by atoms with E-state index in [-0.39, 0.29) is 24.0 Å². The molecule has 0 saturated heterocycles. The number of carbonyl (C=O) groups is 1. The number of aryl methyl sites for hydroxylation is 2. The monoisotopic (exact) mass is 427 g/mol. The van der Waals surface area contributed by atoms with Crippen LogP contribution < -0.4 is 21.9 Å². The van der Waals surface area contributed by atoms with Crippen molar-refractivity contribution in [2.45, 2.75) is 47.1 Å². The zero-order valence-electron chi connectivity index (χ0n) is 18.6. The Kier molecular flexibility index (Phi) is 6.28. The number of aromatic amines is 1. The van der Waals surface area contributed by atoms with Crippen molar-refractivity contribution in [3.63, 3.8) is 0 Å². The van der Waals surface area contributed by atoms with E-state index in [4.69, 9.17) is 5.73 Å². The van der Waals surface area contributed by atoms with Crippen molar-refractivity contribution < 1.29 is 4.79 Å². The minimum Gasteiger partial charge on any atom is -0.383 e. The molecule has 31 heavy (non-hydrogen) atoms. The molecule has 0 aliphatic carbocycles. The molecule has 0 atom stereocenters. The molecule has 0 saturated carbocycles. The van der Waals surface area contributed by atoms with Gasteiger partial charge in [0.15, 0.2) is 11.3 Å². The standard InChI is InChI=1S/C21H29N7O3/c1-6-7-8-27-17(22)16(19(29)24-21(27)31)28(11-12(2)3)20(30)14-9-15-13(4)25-26(5)18(15)23-10-14/h9-10,12H,6-8,11,22H2,1-5H3,(H,24,29,31). The summed E-state index contributed by atoms with van der Waals surface area (Å²) in [7, 11) is 1.79. The van der Waals surface area contributed by atoms with Gasteiger partial charge in [-0.05, 0) is 25.3 Å². The van der Waals surface area contributed by atoms with Crippen molar-refractivity contribution in [3.05, 3.63) is 44.4 Å². The molecule has 166 valence electrons. The van der Waals surface area contributed by atoms with Gasteiger partial charge in [0.05, 0.1) is 11.3 Å². The average molecular weight is 428 g/mol. The van der Waals surface area contributed by atoms with Crippen LogP contribution in [0.25, 0.3) is 11.0 Å². The second kappa shape index (κ2) is 8.75. The summed E-state index contributed by atoms with van der Waals surface area (Å²) in [6, 6.07) is 1.72. The number of unbranched alkanes of at least 4 members (excludes halogenated alkanes) is 1. The maximum absolute atomic E-state index is 13.5. The quantitative estimate of drug-likeness (QED) is 0.591. The minimum atomic E-state index is -0.684. The number of hydrogen-bond acceptors (Lipinski definition) is 6. The molecule has 3 N–H and O–H groups in total. The van der Waals surface area contributed by atoms with Gasteiger partial charge >= 0.3 is 5.69 Å². The van der Waals surface area contributed by atoms with E-state index in [0.29, 0.717) is 24.2 Å². The third kappa shape index (κ3) is 4.23. The Balaban J connectivity index is 2.15. The Morgan fingerprint density at radius 3 is 2.68 bits per heavy atom. The van der Waals surface area contributed by atoms with Crippen molar-refractivity contribution in [2.75, 3.05) is 17.2 Å². The fraction of sp³-hybridized carbons (Fsp3) is 0.476. The number of nitrogens with two attached hydrogens (primary N) is 1. The second-order valence-electron chi connectivity index (χ2n) is 8.11. The summed E-state index contributed by atoms with van der Waals surface area (Å²) in [4.78, 5) is 46.6. The summed E-state index contributed by atoms with van der Waals surface area (Å²) in [6.45, 7) is 8.32. The molecule has 3 aromatic rings. The third-order valence-electron chi connectivity index (χ3n) is 5.12. The molecule has 10 nitrogen and oxygen atoms in total. The number of nitrogen functional groups attached to an aromatic ring is 1. The number of amides is 1. The van der Waals surface area contributed by atoms with E-state index < -0.39 is 17.2 Å². The summed E-state index contributed by atoms with van der Waals surface area (Å²) < 4.78 is 2.96.